The molecule has 2 heterocycles. The van der Waals surface area contributed by atoms with Crippen LogP contribution < -0.4 is 0 Å². The van der Waals surface area contributed by atoms with Crippen molar-refractivity contribution >= 4 is 42.8 Å². The molecule has 4 aromatic rings. The first-order chi connectivity index (χ1) is 19.3. The predicted octanol–water partition coefficient (Wildman–Crippen LogP) is 5.31. The Kier molecular flexibility index (Phi) is 10.5. The molecule has 0 saturated carbocycles. The normalized spacial score (nSPS) is 11.8. The van der Waals surface area contributed by atoms with E-state index in [1.807, 2.05) is 42.6 Å². The molecular formula is C30H35BrN4O4S. The molecule has 0 radical (unpaired) electrons. The van der Waals surface area contributed by atoms with Gasteiger partial charge in [-0.2, -0.15) is 4.31 Å². The zero-order chi connectivity index (χ0) is 28.5. The molecule has 0 aliphatic heterocycles. The number of carbonyl (C=O) groups is 1. The fourth-order valence-corrected chi connectivity index (χ4v) is 6.33. The minimum atomic E-state index is -4.03. The van der Waals surface area contributed by atoms with Crippen LogP contribution in [0.3, 0.4) is 0 Å². The third-order valence-electron chi connectivity index (χ3n) is 6.75. The number of rotatable bonds is 14. The molecule has 0 unspecified atom stereocenters. The van der Waals surface area contributed by atoms with E-state index in [-0.39, 0.29) is 30.5 Å². The van der Waals surface area contributed by atoms with Crippen LogP contribution in [0.15, 0.2) is 88.5 Å². The second kappa shape index (κ2) is 14.0. The second-order valence-corrected chi connectivity index (χ2v) is 12.4. The van der Waals surface area contributed by atoms with Gasteiger partial charge in [-0.25, -0.2) is 8.42 Å². The molecule has 0 atom stereocenters. The van der Waals surface area contributed by atoms with Gasteiger partial charge in [-0.05, 0) is 48.4 Å². The van der Waals surface area contributed by atoms with Crippen molar-refractivity contribution in [2.75, 3.05) is 33.4 Å². The maximum atomic E-state index is 13.9. The van der Waals surface area contributed by atoms with Gasteiger partial charge in [0.05, 0.1) is 25.2 Å². The molecule has 1 amide bonds. The molecule has 212 valence electrons. The third kappa shape index (κ3) is 7.37. The van der Waals surface area contributed by atoms with E-state index in [9.17, 15) is 13.2 Å². The summed E-state index contributed by atoms with van der Waals surface area (Å²) >= 11 is 3.48. The number of fused-ring (bicyclic) bond motifs is 1. The lowest BCUT2D eigenvalue weighted by Crippen LogP contribution is -2.44. The average molecular weight is 628 g/mol. The minimum absolute atomic E-state index is 0.0509. The summed E-state index contributed by atoms with van der Waals surface area (Å²) in [5.74, 6) is -0.252. The molecular weight excluding hydrogens is 592 g/mol. The van der Waals surface area contributed by atoms with Crippen LogP contribution >= 0.6 is 15.9 Å². The number of halogens is 1. The van der Waals surface area contributed by atoms with Gasteiger partial charge in [0.15, 0.2) is 0 Å². The quantitative estimate of drug-likeness (QED) is 0.189. The summed E-state index contributed by atoms with van der Waals surface area (Å²) in [6.45, 7) is 3.59. The summed E-state index contributed by atoms with van der Waals surface area (Å²) in [5.41, 5.74) is 2.51. The molecule has 8 nitrogen and oxygen atoms in total. The highest BCUT2D eigenvalue weighted by Crippen LogP contribution is 2.24. The van der Waals surface area contributed by atoms with Crippen LogP contribution in [0.5, 0.6) is 0 Å². The summed E-state index contributed by atoms with van der Waals surface area (Å²) in [5, 5.41) is 0.720. The number of carbonyl (C=O) groups excluding carboxylic acids is 1. The van der Waals surface area contributed by atoms with Gasteiger partial charge in [0.2, 0.25) is 15.9 Å². The van der Waals surface area contributed by atoms with E-state index in [0.29, 0.717) is 25.2 Å². The Morgan fingerprint density at radius 2 is 1.80 bits per heavy atom. The first kappa shape index (κ1) is 29.9. The van der Waals surface area contributed by atoms with Gasteiger partial charge in [0.1, 0.15) is 4.90 Å². The summed E-state index contributed by atoms with van der Waals surface area (Å²) in [6, 6.07) is 20.8. The van der Waals surface area contributed by atoms with Crippen LogP contribution in [0.2, 0.25) is 0 Å². The van der Waals surface area contributed by atoms with Gasteiger partial charge in [-0.3, -0.25) is 9.78 Å². The van der Waals surface area contributed by atoms with Crippen LogP contribution in [0.25, 0.3) is 10.9 Å². The number of hydrogen-bond donors (Lipinski definition) is 0. The monoisotopic (exact) mass is 626 g/mol. The highest BCUT2D eigenvalue weighted by molar-refractivity contribution is 9.10. The molecule has 0 saturated heterocycles. The topological polar surface area (TPSA) is 84.7 Å². The molecule has 0 aliphatic rings. The van der Waals surface area contributed by atoms with Crippen molar-refractivity contribution in [1.29, 1.82) is 0 Å². The fourth-order valence-electron chi connectivity index (χ4n) is 4.52. The maximum Gasteiger partial charge on any atom is 0.245 e. The number of hydrogen-bond acceptors (Lipinski definition) is 5. The Morgan fingerprint density at radius 1 is 1.02 bits per heavy atom. The van der Waals surface area contributed by atoms with E-state index in [1.165, 1.54) is 11.4 Å². The molecule has 4 rings (SSSR count). The average Bonchev–Trinajstić information content (AvgIpc) is 3.40. The summed E-state index contributed by atoms with van der Waals surface area (Å²) < 4.78 is 37.3. The highest BCUT2D eigenvalue weighted by Gasteiger charge is 2.30. The number of ether oxygens (including phenoxy) is 1. The van der Waals surface area contributed by atoms with E-state index in [0.717, 1.165) is 34.0 Å². The van der Waals surface area contributed by atoms with Crippen molar-refractivity contribution in [1.82, 2.24) is 18.8 Å². The summed E-state index contributed by atoms with van der Waals surface area (Å²) in [6.07, 6.45) is 5.30. The number of aromatic nitrogens is 2. The lowest BCUT2D eigenvalue weighted by Gasteiger charge is -2.28. The van der Waals surface area contributed by atoms with Crippen molar-refractivity contribution < 1.29 is 17.9 Å². The first-order valence-electron chi connectivity index (χ1n) is 13.3. The summed E-state index contributed by atoms with van der Waals surface area (Å²) in [7, 11) is -2.52. The van der Waals surface area contributed by atoms with Crippen LogP contribution in [0.1, 0.15) is 31.0 Å². The Bertz CT molecular complexity index is 1520. The molecule has 10 heteroatoms. The standard InChI is InChI=1S/C30H35BrN4O4S/c1-3-4-17-34(22-27-10-7-18-33(27)21-24-12-14-26(31)15-13-24)29(36)23-35(19-20-39-2)40(37,38)28-11-5-8-25-9-6-16-32-30(25)28/h5-16,18H,3-4,17,19-23H2,1-2H3. The van der Waals surface area contributed by atoms with E-state index >= 15 is 0 Å². The van der Waals surface area contributed by atoms with Crippen molar-refractivity contribution in [3.8, 4) is 0 Å². The lowest BCUT2D eigenvalue weighted by atomic mass is 10.2. The van der Waals surface area contributed by atoms with Gasteiger partial charge in [0.25, 0.3) is 0 Å². The molecule has 0 spiro atoms. The Morgan fingerprint density at radius 3 is 2.55 bits per heavy atom. The van der Waals surface area contributed by atoms with Crippen LogP contribution in [0, 0.1) is 0 Å². The lowest BCUT2D eigenvalue weighted by molar-refractivity contribution is -0.132. The number of sulfonamides is 1. The van der Waals surface area contributed by atoms with Gasteiger partial charge in [-0.15, -0.1) is 0 Å². The Hall–Kier alpha value is -3.05. The van der Waals surface area contributed by atoms with Crippen LogP contribution in [-0.2, 0) is 32.6 Å². The van der Waals surface area contributed by atoms with E-state index < -0.39 is 10.0 Å². The number of nitrogens with zero attached hydrogens (tertiary/aromatic N) is 4. The summed E-state index contributed by atoms with van der Waals surface area (Å²) in [4.78, 5) is 19.9. The second-order valence-electron chi connectivity index (χ2n) is 9.59. The van der Waals surface area contributed by atoms with Gasteiger partial charge in [0, 0.05) is 54.7 Å². The van der Waals surface area contributed by atoms with Gasteiger partial charge < -0.3 is 14.2 Å². The van der Waals surface area contributed by atoms with E-state index in [4.69, 9.17) is 4.74 Å². The number of methoxy groups -OCH3 is 1. The highest BCUT2D eigenvalue weighted by atomic mass is 79.9. The molecule has 2 aromatic carbocycles. The zero-order valence-electron chi connectivity index (χ0n) is 22.9. The number of pyridine rings is 1. The number of para-hydroxylation sites is 1. The Labute approximate surface area is 244 Å². The van der Waals surface area contributed by atoms with Crippen molar-refractivity contribution in [3.63, 3.8) is 0 Å². The molecule has 0 N–H and O–H groups in total. The number of amides is 1. The molecule has 40 heavy (non-hydrogen) atoms. The van der Waals surface area contributed by atoms with Crippen molar-refractivity contribution in [3.05, 3.63) is 94.9 Å². The van der Waals surface area contributed by atoms with Crippen molar-refractivity contribution in [2.45, 2.75) is 37.8 Å². The van der Waals surface area contributed by atoms with Crippen LogP contribution in [0.4, 0.5) is 0 Å². The predicted molar refractivity (Wildman–Crippen MR) is 160 cm³/mol. The SMILES string of the molecule is CCCCN(Cc1cccn1Cc1ccc(Br)cc1)C(=O)CN(CCOC)S(=O)(=O)c1cccc2cccnc12. The third-order valence-corrected chi connectivity index (χ3v) is 9.15. The number of benzene rings is 2. The molecule has 0 bridgehead atoms. The zero-order valence-corrected chi connectivity index (χ0v) is 25.3. The largest absolute Gasteiger partial charge is 0.383 e. The van der Waals surface area contributed by atoms with Gasteiger partial charge in [-0.1, -0.05) is 59.6 Å². The minimum Gasteiger partial charge on any atom is -0.383 e. The first-order valence-corrected chi connectivity index (χ1v) is 15.6. The van der Waals surface area contributed by atoms with Crippen molar-refractivity contribution in [2.24, 2.45) is 0 Å². The fraction of sp³-hybridized carbons (Fsp3) is 0.333. The molecule has 0 fully saturated rings. The van der Waals surface area contributed by atoms with E-state index in [2.05, 4.69) is 44.5 Å². The molecule has 0 aliphatic carbocycles. The van der Waals surface area contributed by atoms with Gasteiger partial charge >= 0.3 is 0 Å². The molecule has 2 aromatic heterocycles. The smallest absolute Gasteiger partial charge is 0.245 e. The number of unbranched alkanes of at least 4 members (excludes halogenated alkanes) is 1. The Balaban J connectivity index is 1.58. The van der Waals surface area contributed by atoms with E-state index in [1.54, 1.807) is 29.3 Å². The van der Waals surface area contributed by atoms with Crippen LogP contribution in [-0.4, -0.2) is 66.4 Å². The maximum absolute atomic E-state index is 13.9.